The summed E-state index contributed by atoms with van der Waals surface area (Å²) in [6.45, 7) is 24.8. The Morgan fingerprint density at radius 1 is 0.792 bits per heavy atom. The van der Waals surface area contributed by atoms with Gasteiger partial charge in [0.2, 0.25) is 0 Å². The Kier molecular flexibility index (Phi) is 11.9. The molecule has 2 aliphatic rings. The summed E-state index contributed by atoms with van der Waals surface area (Å²) in [5.74, 6) is 0. The van der Waals surface area contributed by atoms with Crippen LogP contribution in [0.25, 0.3) is 0 Å². The third kappa shape index (κ3) is 14.4. The minimum absolute atomic E-state index is 0. The molecule has 2 heteroatoms. The third-order valence-electron chi connectivity index (χ3n) is 2.74. The van der Waals surface area contributed by atoms with Gasteiger partial charge in [0.05, 0.1) is 0 Å². The summed E-state index contributed by atoms with van der Waals surface area (Å²) in [5.41, 5.74) is 0.500. The Bertz CT molecular complexity index is 421. The minimum Gasteiger partial charge on any atom is -0.338 e. The van der Waals surface area contributed by atoms with Crippen LogP contribution in [-0.2, 0) is 25.8 Å². The Morgan fingerprint density at radius 3 is 1.21 bits per heavy atom. The van der Waals surface area contributed by atoms with Crippen molar-refractivity contribution in [2.24, 2.45) is 10.8 Å². The Hall–Kier alpha value is 0.0470. The predicted octanol–water partition coefficient (Wildman–Crippen LogP) is 6.88. The first kappa shape index (κ1) is 26.3. The van der Waals surface area contributed by atoms with E-state index in [9.17, 15) is 0 Å². The van der Waals surface area contributed by atoms with Crippen LogP contribution >= 0.6 is 0 Å². The van der Waals surface area contributed by atoms with Gasteiger partial charge in [-0.05, 0) is 0 Å². The van der Waals surface area contributed by atoms with Crippen molar-refractivity contribution in [1.29, 1.82) is 0 Å². The predicted molar refractivity (Wildman–Crippen MR) is 108 cm³/mol. The quantitative estimate of drug-likeness (QED) is 0.283. The number of hydrogen-bond acceptors (Lipinski definition) is 0. The monoisotopic (exact) mass is 508 g/mol. The van der Waals surface area contributed by atoms with Crippen molar-refractivity contribution in [3.8, 4) is 0 Å². The average molecular weight is 507 g/mol. The molecule has 0 aromatic heterocycles. The van der Waals surface area contributed by atoms with Crippen LogP contribution in [0.3, 0.4) is 0 Å². The fourth-order valence-electron chi connectivity index (χ4n) is 1.81. The Morgan fingerprint density at radius 2 is 1.04 bits per heavy atom. The van der Waals surface area contributed by atoms with Gasteiger partial charge in [0.15, 0.2) is 0 Å². The smallest absolute Gasteiger partial charge is 0.338 e. The van der Waals surface area contributed by atoms with Gasteiger partial charge < -0.3 is 13.8 Å². The maximum absolute atomic E-state index is 3.77. The molecule has 0 unspecified atom stereocenters. The zero-order valence-corrected chi connectivity index (χ0v) is 21.7. The van der Waals surface area contributed by atoms with Gasteiger partial charge in [0, 0.05) is 8.07 Å². The summed E-state index contributed by atoms with van der Waals surface area (Å²) in [4.78, 5) is 0. The van der Waals surface area contributed by atoms with Crippen LogP contribution in [-0.4, -0.2) is 8.07 Å². The molecule has 2 rings (SSSR count). The van der Waals surface area contributed by atoms with E-state index in [0.29, 0.717) is 0 Å². The molecule has 0 amide bonds. The second-order valence-electron chi connectivity index (χ2n) is 9.14. The topological polar surface area (TPSA) is 0 Å². The maximum atomic E-state index is 3.77. The molecule has 0 aliphatic heterocycles. The average Bonchev–Trinajstić information content (AvgIpc) is 2.99. The van der Waals surface area contributed by atoms with E-state index in [1.165, 1.54) is 10.4 Å². The molecule has 0 aromatic rings. The Balaban J connectivity index is 0. The van der Waals surface area contributed by atoms with Crippen molar-refractivity contribution in [3.05, 3.63) is 60.7 Å². The molecule has 0 nitrogen and oxygen atoms in total. The van der Waals surface area contributed by atoms with E-state index in [-0.39, 0.29) is 36.7 Å². The van der Waals surface area contributed by atoms with Crippen molar-refractivity contribution in [3.63, 3.8) is 0 Å². The molecule has 2 aliphatic carbocycles. The molecule has 0 spiro atoms. The third-order valence-corrected chi connectivity index (χ3v) is 6.12. The summed E-state index contributed by atoms with van der Waals surface area (Å²) < 4.78 is 0. The number of allylic oxidation sites excluding steroid dienone is 8. The molecule has 0 N–H and O–H groups in total. The molecule has 0 aromatic carbocycles. The van der Waals surface area contributed by atoms with E-state index in [1.54, 1.807) is 0 Å². The van der Waals surface area contributed by atoms with E-state index in [2.05, 4.69) is 105 Å². The summed E-state index contributed by atoms with van der Waals surface area (Å²) in [6.07, 6.45) is 17.8. The molecule has 0 fully saturated rings. The molecule has 0 bridgehead atoms. The van der Waals surface area contributed by atoms with E-state index in [4.69, 9.17) is 0 Å². The van der Waals surface area contributed by atoms with Crippen molar-refractivity contribution < 1.29 is 25.8 Å². The molecule has 0 radical (unpaired) electrons. The van der Waals surface area contributed by atoms with E-state index in [1.807, 2.05) is 0 Å². The Labute approximate surface area is 172 Å². The molecule has 132 valence electrons. The maximum Gasteiger partial charge on any atom is 4.00 e. The first-order chi connectivity index (χ1) is 10.2. The summed E-state index contributed by atoms with van der Waals surface area (Å²) >= 11 is 0. The van der Waals surface area contributed by atoms with E-state index < -0.39 is 8.07 Å². The minimum atomic E-state index is -1.40. The van der Waals surface area contributed by atoms with Crippen molar-refractivity contribution in [1.82, 2.24) is 0 Å². The van der Waals surface area contributed by atoms with Gasteiger partial charge in [-0.3, -0.25) is 12.2 Å². The second kappa shape index (κ2) is 10.9. The second-order valence-corrected chi connectivity index (χ2v) is 13.5. The summed E-state index contributed by atoms with van der Waals surface area (Å²) in [7, 11) is -1.40. The van der Waals surface area contributed by atoms with Crippen LogP contribution in [0.2, 0.25) is 13.1 Å². The van der Waals surface area contributed by atoms with Gasteiger partial charge in [0.25, 0.3) is 0 Å². The first-order valence-electron chi connectivity index (χ1n) is 8.47. The van der Waals surface area contributed by atoms with Crippen molar-refractivity contribution >= 4 is 8.07 Å². The molecular weight excluding hydrogens is 471 g/mol. The van der Waals surface area contributed by atoms with Gasteiger partial charge >= 0.3 is 25.8 Å². The largest absolute Gasteiger partial charge is 4.00 e. The molecule has 0 saturated heterocycles. The summed E-state index contributed by atoms with van der Waals surface area (Å²) in [5, 5.41) is 2.89. The zero-order valence-electron chi connectivity index (χ0n) is 17.1. The molecular formula is C22H36HfSi. The normalized spacial score (nSPS) is 16.2. The van der Waals surface area contributed by atoms with Gasteiger partial charge in [0.1, 0.15) is 0 Å². The van der Waals surface area contributed by atoms with Crippen molar-refractivity contribution in [2.75, 3.05) is 0 Å². The molecule has 0 atom stereocenters. The summed E-state index contributed by atoms with van der Waals surface area (Å²) in [6, 6.07) is 0. The van der Waals surface area contributed by atoms with Gasteiger partial charge in [-0.1, -0.05) is 54.6 Å². The van der Waals surface area contributed by atoms with Gasteiger partial charge in [-0.15, -0.1) is 12.8 Å². The van der Waals surface area contributed by atoms with E-state index >= 15 is 0 Å². The van der Waals surface area contributed by atoms with E-state index in [0.717, 1.165) is 12.8 Å². The van der Waals surface area contributed by atoms with Crippen LogP contribution < -0.4 is 0 Å². The molecule has 0 heterocycles. The number of hydrogen-bond donors (Lipinski definition) is 0. The van der Waals surface area contributed by atoms with Crippen LogP contribution in [0.5, 0.6) is 0 Å². The SMILES string of the molecule is C[Si](C)(C1=[C-]CC=C1)C1=[C-]CC=C1.[CH2-]C(C)(C)C.[CH2-]C(C)(C)C.[Hf+4]. The number of rotatable bonds is 2. The van der Waals surface area contributed by atoms with Crippen molar-refractivity contribution in [2.45, 2.75) is 67.5 Å². The van der Waals surface area contributed by atoms with Crippen LogP contribution in [0.4, 0.5) is 0 Å². The fourth-order valence-corrected chi connectivity index (χ4v) is 4.26. The standard InChI is InChI=1S/C12H14Si.2C5H11.Hf/c1-13(2,11-7-3-4-8-11)12-9-5-6-10-12;2*1-5(2,3)4;/h3,5,7,9H,4,6H2,1-2H3;2*1H2,2-4H3;/q-2;2*-1;+4. The van der Waals surface area contributed by atoms with Crippen LogP contribution in [0.1, 0.15) is 54.4 Å². The van der Waals surface area contributed by atoms with Crippen LogP contribution in [0, 0.1) is 36.8 Å². The van der Waals surface area contributed by atoms with Gasteiger partial charge in [-0.25, -0.2) is 22.5 Å². The van der Waals surface area contributed by atoms with Crippen LogP contribution in [0.15, 0.2) is 34.7 Å². The first-order valence-corrected chi connectivity index (χ1v) is 11.5. The zero-order chi connectivity index (χ0) is 18.3. The van der Waals surface area contributed by atoms with Gasteiger partial charge in [-0.2, -0.15) is 23.0 Å². The molecule has 24 heavy (non-hydrogen) atoms. The fraction of sp³-hybridized carbons (Fsp3) is 0.545. The molecule has 0 saturated carbocycles.